The van der Waals surface area contributed by atoms with Crippen LogP contribution in [-0.2, 0) is 5.41 Å². The second-order valence-corrected chi connectivity index (χ2v) is 12.5. The van der Waals surface area contributed by atoms with E-state index in [-0.39, 0.29) is 5.41 Å². The lowest BCUT2D eigenvalue weighted by molar-refractivity contribution is 0.661. The van der Waals surface area contributed by atoms with Crippen LogP contribution in [0.1, 0.15) is 25.0 Å². The summed E-state index contributed by atoms with van der Waals surface area (Å²) in [5, 5.41) is 7.85. The highest BCUT2D eigenvalue weighted by atomic mass is 15.0. The molecule has 0 bridgehead atoms. The van der Waals surface area contributed by atoms with Gasteiger partial charge in [0, 0.05) is 21.6 Å². The van der Waals surface area contributed by atoms with Gasteiger partial charge in [-0.2, -0.15) is 0 Å². The number of aromatic nitrogens is 1. The fourth-order valence-corrected chi connectivity index (χ4v) is 8.16. The van der Waals surface area contributed by atoms with Crippen LogP contribution in [0.2, 0.25) is 0 Å². The number of hydrogen-bond acceptors (Lipinski definition) is 0. The van der Waals surface area contributed by atoms with Crippen LogP contribution < -0.4 is 0 Å². The van der Waals surface area contributed by atoms with Gasteiger partial charge in [-0.3, -0.25) is 0 Å². The maximum Gasteiger partial charge on any atom is 0.0547 e. The predicted molar refractivity (Wildman–Crippen MR) is 178 cm³/mol. The zero-order chi connectivity index (χ0) is 27.7. The molecule has 0 saturated heterocycles. The summed E-state index contributed by atoms with van der Waals surface area (Å²) in [6.45, 7) is 4.73. The molecule has 1 nitrogen and oxygen atoms in total. The molecule has 1 heteroatoms. The van der Waals surface area contributed by atoms with Crippen molar-refractivity contribution < 1.29 is 0 Å². The summed E-state index contributed by atoms with van der Waals surface area (Å²) in [5.41, 5.74) is 14.6. The van der Waals surface area contributed by atoms with Crippen molar-refractivity contribution in [2.45, 2.75) is 19.3 Å². The minimum atomic E-state index is -0.0194. The number of benzene rings is 7. The van der Waals surface area contributed by atoms with Gasteiger partial charge in [0.2, 0.25) is 0 Å². The van der Waals surface area contributed by atoms with E-state index in [1.807, 2.05) is 0 Å². The van der Waals surface area contributed by atoms with Gasteiger partial charge in [0.25, 0.3) is 0 Å². The molecule has 0 saturated carbocycles. The number of hydrogen-bond donors (Lipinski definition) is 0. The van der Waals surface area contributed by atoms with E-state index in [4.69, 9.17) is 0 Å². The van der Waals surface area contributed by atoms with Gasteiger partial charge in [0.05, 0.1) is 16.7 Å². The zero-order valence-corrected chi connectivity index (χ0v) is 23.6. The molecule has 0 amide bonds. The van der Waals surface area contributed by atoms with E-state index in [1.54, 1.807) is 0 Å². The SMILES string of the molecule is CC1(C)c2ccccc2-c2cc3cc4c5ccccc5n(-c5ccc6c7c(cccc57)-c5ccccc5-6)c4cc3cc21. The minimum Gasteiger partial charge on any atom is -0.309 e. The van der Waals surface area contributed by atoms with Gasteiger partial charge < -0.3 is 4.57 Å². The molecule has 8 aromatic rings. The van der Waals surface area contributed by atoms with E-state index >= 15 is 0 Å². The number of nitrogens with zero attached hydrogens (tertiary/aromatic N) is 1. The largest absolute Gasteiger partial charge is 0.309 e. The van der Waals surface area contributed by atoms with E-state index in [1.165, 1.54) is 93.5 Å². The molecule has 0 fully saturated rings. The lowest BCUT2D eigenvalue weighted by Crippen LogP contribution is -2.14. The average molecular weight is 534 g/mol. The number of fused-ring (bicyclic) bond motifs is 10. The van der Waals surface area contributed by atoms with Crippen molar-refractivity contribution in [1.82, 2.24) is 4.57 Å². The first-order valence-electron chi connectivity index (χ1n) is 14.9. The molecule has 10 rings (SSSR count). The average Bonchev–Trinajstić information content (AvgIpc) is 3.60. The normalized spacial score (nSPS) is 14.1. The van der Waals surface area contributed by atoms with Gasteiger partial charge >= 0.3 is 0 Å². The highest BCUT2D eigenvalue weighted by molar-refractivity contribution is 6.19. The third-order valence-electron chi connectivity index (χ3n) is 10.1. The molecule has 0 aliphatic heterocycles. The Morgan fingerprint density at radius 1 is 0.429 bits per heavy atom. The summed E-state index contributed by atoms with van der Waals surface area (Å²) in [6, 6.07) is 47.9. The van der Waals surface area contributed by atoms with Crippen LogP contribution in [0.3, 0.4) is 0 Å². The summed E-state index contributed by atoms with van der Waals surface area (Å²) in [4.78, 5) is 0. The Bertz CT molecular complexity index is 2460. The van der Waals surface area contributed by atoms with Gasteiger partial charge in [0.15, 0.2) is 0 Å². The van der Waals surface area contributed by atoms with Crippen LogP contribution in [0, 0.1) is 0 Å². The van der Waals surface area contributed by atoms with Crippen molar-refractivity contribution in [2.24, 2.45) is 0 Å². The molecule has 0 radical (unpaired) electrons. The van der Waals surface area contributed by atoms with Crippen molar-refractivity contribution in [3.63, 3.8) is 0 Å². The summed E-state index contributed by atoms with van der Waals surface area (Å²) in [7, 11) is 0. The lowest BCUT2D eigenvalue weighted by atomic mass is 9.82. The first kappa shape index (κ1) is 22.5. The monoisotopic (exact) mass is 533 g/mol. The van der Waals surface area contributed by atoms with E-state index < -0.39 is 0 Å². The van der Waals surface area contributed by atoms with Crippen molar-refractivity contribution >= 4 is 43.4 Å². The highest BCUT2D eigenvalue weighted by Gasteiger charge is 2.35. The van der Waals surface area contributed by atoms with Crippen molar-refractivity contribution in [3.05, 3.63) is 139 Å². The van der Waals surface area contributed by atoms with Crippen molar-refractivity contribution in [3.8, 4) is 39.1 Å². The minimum absolute atomic E-state index is 0.0194. The van der Waals surface area contributed by atoms with Gasteiger partial charge in [0.1, 0.15) is 0 Å². The second-order valence-electron chi connectivity index (χ2n) is 12.5. The van der Waals surface area contributed by atoms with Crippen molar-refractivity contribution in [2.75, 3.05) is 0 Å². The van der Waals surface area contributed by atoms with Crippen LogP contribution in [-0.4, -0.2) is 4.57 Å². The Hall–Kier alpha value is -5.14. The summed E-state index contributed by atoms with van der Waals surface area (Å²) < 4.78 is 2.50. The van der Waals surface area contributed by atoms with Gasteiger partial charge in [-0.1, -0.05) is 105 Å². The molecule has 2 aliphatic carbocycles. The quantitative estimate of drug-likeness (QED) is 0.198. The van der Waals surface area contributed by atoms with E-state index in [0.29, 0.717) is 0 Å². The maximum atomic E-state index is 2.50. The molecule has 1 aromatic heterocycles. The summed E-state index contributed by atoms with van der Waals surface area (Å²) in [6.07, 6.45) is 0. The Labute approximate surface area is 244 Å². The summed E-state index contributed by atoms with van der Waals surface area (Å²) in [5.74, 6) is 0. The molecule has 2 aliphatic rings. The van der Waals surface area contributed by atoms with Crippen molar-refractivity contribution in [1.29, 1.82) is 0 Å². The van der Waals surface area contributed by atoms with Crippen LogP contribution >= 0.6 is 0 Å². The van der Waals surface area contributed by atoms with E-state index in [9.17, 15) is 0 Å². The molecule has 1 heterocycles. The topological polar surface area (TPSA) is 4.93 Å². The maximum absolute atomic E-state index is 2.50. The summed E-state index contributed by atoms with van der Waals surface area (Å²) >= 11 is 0. The molecular formula is C41H27N. The molecular weight excluding hydrogens is 506 g/mol. The number of para-hydroxylation sites is 1. The van der Waals surface area contributed by atoms with Gasteiger partial charge in [-0.05, 0) is 97.1 Å². The first-order valence-corrected chi connectivity index (χ1v) is 14.9. The molecule has 0 spiro atoms. The fourth-order valence-electron chi connectivity index (χ4n) is 8.16. The lowest BCUT2D eigenvalue weighted by Gasteiger charge is -2.21. The smallest absolute Gasteiger partial charge is 0.0547 e. The van der Waals surface area contributed by atoms with Crippen LogP contribution in [0.15, 0.2) is 127 Å². The Morgan fingerprint density at radius 2 is 1.10 bits per heavy atom. The first-order chi connectivity index (χ1) is 20.6. The second kappa shape index (κ2) is 7.57. The predicted octanol–water partition coefficient (Wildman–Crippen LogP) is 11.0. The van der Waals surface area contributed by atoms with Crippen LogP contribution in [0.4, 0.5) is 0 Å². The molecule has 0 atom stereocenters. The molecule has 0 unspecified atom stereocenters. The molecule has 42 heavy (non-hydrogen) atoms. The van der Waals surface area contributed by atoms with Crippen LogP contribution in [0.5, 0.6) is 0 Å². The third-order valence-corrected chi connectivity index (χ3v) is 10.1. The highest BCUT2D eigenvalue weighted by Crippen LogP contribution is 2.51. The van der Waals surface area contributed by atoms with E-state index in [2.05, 4.69) is 146 Å². The zero-order valence-electron chi connectivity index (χ0n) is 23.6. The van der Waals surface area contributed by atoms with Gasteiger partial charge in [-0.15, -0.1) is 0 Å². The Balaban J connectivity index is 1.31. The standard InChI is InChI=1S/C41H27N/c1-41(2)35-16-7-5-12-28(35)33-20-24-21-34-29-13-6-8-17-37(29)42(39(34)23-25(24)22-36(33)41)38-19-18-31-27-11-4-3-10-26(27)30-14-9-15-32(38)40(30)31/h3-23H,1-2H3. The van der Waals surface area contributed by atoms with E-state index in [0.717, 1.165) is 0 Å². The fraction of sp³-hybridized carbons (Fsp3) is 0.0732. The molecule has 7 aromatic carbocycles. The Morgan fingerprint density at radius 3 is 1.95 bits per heavy atom. The van der Waals surface area contributed by atoms with Gasteiger partial charge in [-0.25, -0.2) is 0 Å². The third kappa shape index (κ3) is 2.65. The molecule has 0 N–H and O–H groups in total. The molecule has 196 valence electrons. The number of rotatable bonds is 1. The Kier molecular flexibility index (Phi) is 4.06. The van der Waals surface area contributed by atoms with Crippen LogP contribution in [0.25, 0.3) is 82.4 Å².